The van der Waals surface area contributed by atoms with Crippen molar-refractivity contribution in [3.8, 4) is 5.88 Å². The second-order valence-electron chi connectivity index (χ2n) is 5.05. The highest BCUT2D eigenvalue weighted by Crippen LogP contribution is 2.30. The molecule has 0 bridgehead atoms. The molecule has 1 heterocycles. The molecule has 0 saturated heterocycles. The van der Waals surface area contributed by atoms with Crippen LogP contribution in [0, 0.1) is 5.92 Å². The van der Waals surface area contributed by atoms with Gasteiger partial charge in [0.25, 0.3) is 0 Å². The second-order valence-corrected chi connectivity index (χ2v) is 5.96. The van der Waals surface area contributed by atoms with Gasteiger partial charge >= 0.3 is 0 Å². The number of thioether (sulfide) groups is 1. The van der Waals surface area contributed by atoms with Gasteiger partial charge in [-0.15, -0.1) is 0 Å². The topological polar surface area (TPSA) is 60.2 Å². The predicted molar refractivity (Wildman–Crippen MR) is 83.0 cm³/mol. The van der Waals surface area contributed by atoms with Gasteiger partial charge in [0.2, 0.25) is 5.88 Å². The molecule has 1 unspecified atom stereocenters. The van der Waals surface area contributed by atoms with Gasteiger partial charge in [-0.05, 0) is 43.6 Å². The summed E-state index contributed by atoms with van der Waals surface area (Å²) in [5, 5.41) is 3.43. The number of anilines is 2. The average molecular weight is 281 g/mol. The molecule has 4 nitrogen and oxygen atoms in total. The van der Waals surface area contributed by atoms with Crippen LogP contribution < -0.4 is 15.8 Å². The largest absolute Gasteiger partial charge is 0.476 e. The van der Waals surface area contributed by atoms with Gasteiger partial charge in [0.05, 0.1) is 12.3 Å². The zero-order valence-electron chi connectivity index (χ0n) is 11.7. The molecule has 0 spiro atoms. The van der Waals surface area contributed by atoms with Crippen LogP contribution in [0.5, 0.6) is 5.88 Å². The van der Waals surface area contributed by atoms with Gasteiger partial charge in [-0.2, -0.15) is 16.7 Å². The van der Waals surface area contributed by atoms with Crippen molar-refractivity contribution in [2.75, 3.05) is 29.7 Å². The van der Waals surface area contributed by atoms with Crippen LogP contribution in [0.2, 0.25) is 0 Å². The normalized spacial score (nSPS) is 16.1. The number of nitrogens with zero attached hydrogens (tertiary/aromatic N) is 1. The number of nitrogens with one attached hydrogen (secondary N) is 1. The minimum Gasteiger partial charge on any atom is -0.476 e. The van der Waals surface area contributed by atoms with E-state index in [2.05, 4.69) is 23.5 Å². The summed E-state index contributed by atoms with van der Waals surface area (Å²) in [5.41, 5.74) is 6.51. The number of aromatic nitrogens is 1. The molecule has 0 aliphatic heterocycles. The molecule has 3 N–H and O–H groups in total. The van der Waals surface area contributed by atoms with Crippen molar-refractivity contribution in [3.63, 3.8) is 0 Å². The number of hydrogen-bond acceptors (Lipinski definition) is 5. The number of nitrogen functional groups attached to an aromatic ring is 1. The van der Waals surface area contributed by atoms with Gasteiger partial charge in [0.1, 0.15) is 5.82 Å². The molecule has 106 valence electrons. The summed E-state index contributed by atoms with van der Waals surface area (Å²) < 4.78 is 5.70. The van der Waals surface area contributed by atoms with E-state index in [1.54, 1.807) is 0 Å². The molecule has 5 heteroatoms. The predicted octanol–water partition coefficient (Wildman–Crippen LogP) is 3.01. The van der Waals surface area contributed by atoms with Crippen LogP contribution in [-0.4, -0.2) is 29.6 Å². The molecular formula is C14H23N3OS. The SMILES string of the molecule is CCC(CSC)Nc1ccc(N)c(OCC2CC2)n1. The van der Waals surface area contributed by atoms with E-state index in [9.17, 15) is 0 Å². The van der Waals surface area contributed by atoms with Crippen molar-refractivity contribution in [1.29, 1.82) is 0 Å². The van der Waals surface area contributed by atoms with E-state index in [0.717, 1.165) is 24.6 Å². The highest BCUT2D eigenvalue weighted by molar-refractivity contribution is 7.98. The standard InChI is InChI=1S/C14H23N3OS/c1-3-11(9-19-2)16-13-7-6-12(15)14(17-13)18-8-10-4-5-10/h6-7,10-11H,3-5,8-9,15H2,1-2H3,(H,16,17). The molecular weight excluding hydrogens is 258 g/mol. The number of rotatable bonds is 8. The molecule has 1 aromatic rings. The Balaban J connectivity index is 1.97. The number of pyridine rings is 1. The van der Waals surface area contributed by atoms with Crippen LogP contribution in [0.1, 0.15) is 26.2 Å². The molecule has 2 rings (SSSR count). The second kappa shape index (κ2) is 6.89. The van der Waals surface area contributed by atoms with Gasteiger partial charge in [-0.3, -0.25) is 0 Å². The monoisotopic (exact) mass is 281 g/mol. The zero-order valence-corrected chi connectivity index (χ0v) is 12.5. The maximum Gasteiger partial charge on any atom is 0.239 e. The highest BCUT2D eigenvalue weighted by Gasteiger charge is 2.22. The van der Waals surface area contributed by atoms with Crippen LogP contribution in [0.25, 0.3) is 0 Å². The van der Waals surface area contributed by atoms with Crippen molar-refractivity contribution < 1.29 is 4.74 Å². The first-order valence-corrected chi connectivity index (χ1v) is 8.27. The third-order valence-electron chi connectivity index (χ3n) is 3.26. The Kier molecular flexibility index (Phi) is 5.19. The summed E-state index contributed by atoms with van der Waals surface area (Å²) in [6.07, 6.45) is 5.73. The first kappa shape index (κ1) is 14.3. The van der Waals surface area contributed by atoms with Crippen molar-refractivity contribution in [1.82, 2.24) is 4.98 Å². The molecule has 1 aliphatic carbocycles. The van der Waals surface area contributed by atoms with E-state index in [0.29, 0.717) is 23.5 Å². The molecule has 1 atom stereocenters. The molecule has 1 aliphatic rings. The minimum atomic E-state index is 0.433. The van der Waals surface area contributed by atoms with E-state index in [1.165, 1.54) is 12.8 Å². The van der Waals surface area contributed by atoms with Gasteiger partial charge in [-0.25, -0.2) is 0 Å². The Bertz CT molecular complexity index is 410. The lowest BCUT2D eigenvalue weighted by atomic mass is 10.2. The first-order valence-electron chi connectivity index (χ1n) is 6.87. The van der Waals surface area contributed by atoms with E-state index >= 15 is 0 Å². The van der Waals surface area contributed by atoms with E-state index in [4.69, 9.17) is 10.5 Å². The van der Waals surface area contributed by atoms with E-state index in [1.807, 2.05) is 23.9 Å². The molecule has 1 saturated carbocycles. The summed E-state index contributed by atoms with van der Waals surface area (Å²) in [4.78, 5) is 4.47. The third-order valence-corrected chi connectivity index (χ3v) is 3.99. The fraction of sp³-hybridized carbons (Fsp3) is 0.643. The quantitative estimate of drug-likeness (QED) is 0.767. The van der Waals surface area contributed by atoms with Crippen LogP contribution in [0.3, 0.4) is 0 Å². The lowest BCUT2D eigenvalue weighted by molar-refractivity contribution is 0.290. The maximum absolute atomic E-state index is 5.90. The maximum atomic E-state index is 5.90. The fourth-order valence-electron chi connectivity index (χ4n) is 1.80. The Hall–Kier alpha value is -1.10. The molecule has 19 heavy (non-hydrogen) atoms. The minimum absolute atomic E-state index is 0.433. The van der Waals surface area contributed by atoms with Crippen LogP contribution in [0.15, 0.2) is 12.1 Å². The summed E-state index contributed by atoms with van der Waals surface area (Å²) in [5.74, 6) is 3.19. The number of ether oxygens (including phenoxy) is 1. The number of nitrogens with two attached hydrogens (primary N) is 1. The molecule has 0 amide bonds. The Morgan fingerprint density at radius 3 is 2.95 bits per heavy atom. The van der Waals surface area contributed by atoms with Gasteiger partial charge < -0.3 is 15.8 Å². The van der Waals surface area contributed by atoms with Gasteiger partial charge in [-0.1, -0.05) is 6.92 Å². The summed E-state index contributed by atoms with van der Waals surface area (Å²) in [6, 6.07) is 4.22. The van der Waals surface area contributed by atoms with E-state index in [-0.39, 0.29) is 0 Å². The van der Waals surface area contributed by atoms with E-state index < -0.39 is 0 Å². The number of hydrogen-bond donors (Lipinski definition) is 2. The molecule has 1 aromatic heterocycles. The Labute approximate surface area is 119 Å². The smallest absolute Gasteiger partial charge is 0.239 e. The summed E-state index contributed by atoms with van der Waals surface area (Å²) in [6.45, 7) is 2.92. The lowest BCUT2D eigenvalue weighted by Gasteiger charge is -2.17. The van der Waals surface area contributed by atoms with Crippen molar-refractivity contribution in [2.24, 2.45) is 5.92 Å². The Morgan fingerprint density at radius 2 is 2.32 bits per heavy atom. The summed E-state index contributed by atoms with van der Waals surface area (Å²) >= 11 is 1.84. The lowest BCUT2D eigenvalue weighted by Crippen LogP contribution is -2.22. The molecule has 0 radical (unpaired) electrons. The first-order chi connectivity index (χ1) is 9.22. The highest BCUT2D eigenvalue weighted by atomic mass is 32.2. The average Bonchev–Trinajstić information content (AvgIpc) is 3.23. The van der Waals surface area contributed by atoms with Crippen molar-refractivity contribution >= 4 is 23.3 Å². The molecule has 0 aromatic carbocycles. The molecule has 1 fully saturated rings. The van der Waals surface area contributed by atoms with Gasteiger partial charge in [0, 0.05) is 11.8 Å². The van der Waals surface area contributed by atoms with Crippen molar-refractivity contribution in [3.05, 3.63) is 12.1 Å². The van der Waals surface area contributed by atoms with Crippen LogP contribution >= 0.6 is 11.8 Å². The fourth-order valence-corrected chi connectivity index (χ4v) is 2.52. The third kappa shape index (κ3) is 4.49. The Morgan fingerprint density at radius 1 is 1.53 bits per heavy atom. The van der Waals surface area contributed by atoms with Gasteiger partial charge in [0.15, 0.2) is 0 Å². The summed E-state index contributed by atoms with van der Waals surface area (Å²) in [7, 11) is 0. The van der Waals surface area contributed by atoms with Crippen LogP contribution in [-0.2, 0) is 0 Å². The van der Waals surface area contributed by atoms with Crippen LogP contribution in [0.4, 0.5) is 11.5 Å². The zero-order chi connectivity index (χ0) is 13.7. The van der Waals surface area contributed by atoms with Crippen molar-refractivity contribution in [2.45, 2.75) is 32.2 Å².